The van der Waals surface area contributed by atoms with Gasteiger partial charge in [-0.05, 0) is 50.1 Å². The fourth-order valence-electron chi connectivity index (χ4n) is 3.42. The highest BCUT2D eigenvalue weighted by Gasteiger charge is 2.19. The predicted molar refractivity (Wildman–Crippen MR) is 105 cm³/mol. The molecule has 0 bridgehead atoms. The van der Waals surface area contributed by atoms with Gasteiger partial charge in [-0.2, -0.15) is 0 Å². The van der Waals surface area contributed by atoms with Crippen LogP contribution in [0.2, 0.25) is 0 Å². The number of carbonyl (C=O) groups is 1. The van der Waals surface area contributed by atoms with Crippen LogP contribution in [0.25, 0.3) is 21.8 Å². The fraction of sp³-hybridized carbons (Fsp3) is 0.333. The van der Waals surface area contributed by atoms with Crippen molar-refractivity contribution in [2.45, 2.75) is 27.2 Å². The van der Waals surface area contributed by atoms with Gasteiger partial charge in [-0.1, -0.05) is 0 Å². The van der Waals surface area contributed by atoms with Crippen LogP contribution in [0.15, 0.2) is 23.0 Å². The largest absolute Gasteiger partial charge is 0.496 e. The van der Waals surface area contributed by atoms with Gasteiger partial charge in [0.05, 0.1) is 49.1 Å². The van der Waals surface area contributed by atoms with Crippen LogP contribution in [0.3, 0.4) is 0 Å². The van der Waals surface area contributed by atoms with Crippen molar-refractivity contribution in [3.63, 3.8) is 0 Å². The number of H-pyrrole nitrogens is 1. The van der Waals surface area contributed by atoms with Crippen LogP contribution in [0.1, 0.15) is 23.6 Å². The maximum Gasteiger partial charge on any atom is 0.310 e. The average molecular weight is 369 g/mol. The van der Waals surface area contributed by atoms with E-state index >= 15 is 0 Å². The first-order valence-electron chi connectivity index (χ1n) is 8.78. The standard InChI is InChI=1S/C21H23NO5/c1-6-27-18(23)10-13-16(25-4)8-7-15-19(13)21(24)14-9-17(26-5)11(2)12(3)20(14)22-15/h7-9H,6,10H2,1-5H3,(H,22,24). The highest BCUT2D eigenvalue weighted by Crippen LogP contribution is 2.31. The molecule has 2 aromatic carbocycles. The molecule has 0 aliphatic rings. The second-order valence-electron chi connectivity index (χ2n) is 6.36. The molecule has 0 radical (unpaired) electrons. The maximum absolute atomic E-state index is 13.4. The smallest absolute Gasteiger partial charge is 0.310 e. The second-order valence-corrected chi connectivity index (χ2v) is 6.36. The van der Waals surface area contributed by atoms with Crippen molar-refractivity contribution in [1.82, 2.24) is 4.98 Å². The molecule has 0 fully saturated rings. The normalized spacial score (nSPS) is 11.0. The lowest BCUT2D eigenvalue weighted by Crippen LogP contribution is -2.14. The Hall–Kier alpha value is -3.02. The molecule has 1 aromatic heterocycles. The number of esters is 1. The van der Waals surface area contributed by atoms with Gasteiger partial charge in [0.25, 0.3) is 0 Å². The van der Waals surface area contributed by atoms with Crippen molar-refractivity contribution in [3.8, 4) is 11.5 Å². The molecular formula is C21H23NO5. The first kappa shape index (κ1) is 18.8. The Morgan fingerprint density at radius 3 is 2.41 bits per heavy atom. The zero-order chi connectivity index (χ0) is 19.7. The monoisotopic (exact) mass is 369 g/mol. The quantitative estimate of drug-likeness (QED) is 0.551. The zero-order valence-corrected chi connectivity index (χ0v) is 16.2. The molecule has 0 amide bonds. The molecular weight excluding hydrogens is 346 g/mol. The first-order chi connectivity index (χ1) is 12.9. The molecule has 0 aliphatic carbocycles. The van der Waals surface area contributed by atoms with E-state index in [2.05, 4.69) is 4.98 Å². The lowest BCUT2D eigenvalue weighted by molar-refractivity contribution is -0.142. The molecule has 3 aromatic rings. The van der Waals surface area contributed by atoms with E-state index in [1.54, 1.807) is 32.2 Å². The number of hydrogen-bond donors (Lipinski definition) is 1. The summed E-state index contributed by atoms with van der Waals surface area (Å²) in [6.07, 6.45) is -0.0368. The number of aryl methyl sites for hydroxylation is 1. The van der Waals surface area contributed by atoms with Crippen LogP contribution in [0.4, 0.5) is 0 Å². The van der Waals surface area contributed by atoms with E-state index in [0.29, 0.717) is 33.4 Å². The van der Waals surface area contributed by atoms with Gasteiger partial charge >= 0.3 is 5.97 Å². The van der Waals surface area contributed by atoms with Gasteiger partial charge in [-0.25, -0.2) is 0 Å². The number of carbonyl (C=O) groups excluding carboxylic acids is 1. The van der Waals surface area contributed by atoms with Crippen LogP contribution in [-0.2, 0) is 16.0 Å². The van der Waals surface area contributed by atoms with E-state index in [-0.39, 0.29) is 18.5 Å². The minimum atomic E-state index is -0.402. The van der Waals surface area contributed by atoms with E-state index in [4.69, 9.17) is 14.2 Å². The summed E-state index contributed by atoms with van der Waals surface area (Å²) in [5.74, 6) is 0.733. The minimum Gasteiger partial charge on any atom is -0.496 e. The van der Waals surface area contributed by atoms with Gasteiger partial charge in [-0.15, -0.1) is 0 Å². The number of aromatic nitrogens is 1. The molecule has 142 valence electrons. The van der Waals surface area contributed by atoms with Crippen LogP contribution in [0, 0.1) is 13.8 Å². The fourth-order valence-corrected chi connectivity index (χ4v) is 3.42. The number of nitrogens with one attached hydrogen (secondary N) is 1. The van der Waals surface area contributed by atoms with Crippen LogP contribution >= 0.6 is 0 Å². The number of fused-ring (bicyclic) bond motifs is 2. The Bertz CT molecular complexity index is 1100. The molecule has 1 heterocycles. The van der Waals surface area contributed by atoms with E-state index in [9.17, 15) is 9.59 Å². The van der Waals surface area contributed by atoms with Crippen molar-refractivity contribution in [1.29, 1.82) is 0 Å². The minimum absolute atomic E-state index is 0.0368. The van der Waals surface area contributed by atoms with Crippen molar-refractivity contribution >= 4 is 27.8 Å². The van der Waals surface area contributed by atoms with E-state index < -0.39 is 5.97 Å². The third-order valence-corrected chi connectivity index (χ3v) is 4.92. The van der Waals surface area contributed by atoms with E-state index in [1.807, 2.05) is 13.8 Å². The average Bonchev–Trinajstić information content (AvgIpc) is 2.65. The second kappa shape index (κ2) is 7.31. The SMILES string of the molecule is CCOC(=O)Cc1c(OC)ccc2[nH]c3c(C)c(C)c(OC)cc3c(=O)c12. The third-order valence-electron chi connectivity index (χ3n) is 4.92. The predicted octanol–water partition coefficient (Wildman–Crippen LogP) is 3.42. The van der Waals surface area contributed by atoms with Crippen molar-refractivity contribution in [2.75, 3.05) is 20.8 Å². The molecule has 0 saturated carbocycles. The van der Waals surface area contributed by atoms with Gasteiger partial charge in [0.2, 0.25) is 0 Å². The Morgan fingerprint density at radius 2 is 1.78 bits per heavy atom. The van der Waals surface area contributed by atoms with Crippen molar-refractivity contribution in [3.05, 3.63) is 45.1 Å². The van der Waals surface area contributed by atoms with Crippen molar-refractivity contribution in [2.24, 2.45) is 0 Å². The third kappa shape index (κ3) is 3.12. The first-order valence-corrected chi connectivity index (χ1v) is 8.78. The number of methoxy groups -OCH3 is 2. The summed E-state index contributed by atoms with van der Waals surface area (Å²) in [5.41, 5.74) is 3.69. The summed E-state index contributed by atoms with van der Waals surface area (Å²) in [6, 6.07) is 5.29. The number of hydrogen-bond acceptors (Lipinski definition) is 5. The van der Waals surface area contributed by atoms with Crippen LogP contribution < -0.4 is 14.9 Å². The van der Waals surface area contributed by atoms with Gasteiger partial charge in [0.15, 0.2) is 5.43 Å². The highest BCUT2D eigenvalue weighted by atomic mass is 16.5. The summed E-state index contributed by atoms with van der Waals surface area (Å²) in [6.45, 7) is 5.93. The Balaban J connectivity index is 2.40. The maximum atomic E-state index is 13.4. The summed E-state index contributed by atoms with van der Waals surface area (Å²) in [5, 5.41) is 0.945. The Morgan fingerprint density at radius 1 is 1.07 bits per heavy atom. The van der Waals surface area contributed by atoms with Crippen LogP contribution in [-0.4, -0.2) is 31.8 Å². The molecule has 27 heavy (non-hydrogen) atoms. The Kier molecular flexibility index (Phi) is 5.08. The van der Waals surface area contributed by atoms with Gasteiger partial charge in [-0.3, -0.25) is 9.59 Å². The molecule has 3 rings (SSSR count). The number of aromatic amines is 1. The molecule has 6 nitrogen and oxygen atoms in total. The van der Waals surface area contributed by atoms with E-state index in [1.165, 1.54) is 7.11 Å². The molecule has 0 aliphatic heterocycles. The lowest BCUT2D eigenvalue weighted by Gasteiger charge is -2.15. The van der Waals surface area contributed by atoms with Crippen molar-refractivity contribution < 1.29 is 19.0 Å². The molecule has 6 heteroatoms. The molecule has 0 atom stereocenters. The summed E-state index contributed by atoms with van der Waals surface area (Å²) >= 11 is 0. The molecule has 0 spiro atoms. The number of ether oxygens (including phenoxy) is 3. The summed E-state index contributed by atoms with van der Waals surface area (Å²) < 4.78 is 15.9. The van der Waals surface area contributed by atoms with Crippen LogP contribution in [0.5, 0.6) is 11.5 Å². The summed E-state index contributed by atoms with van der Waals surface area (Å²) in [7, 11) is 3.10. The van der Waals surface area contributed by atoms with E-state index in [0.717, 1.165) is 16.6 Å². The Labute approximate surface area is 157 Å². The number of pyridine rings is 1. The lowest BCUT2D eigenvalue weighted by atomic mass is 9.98. The highest BCUT2D eigenvalue weighted by molar-refractivity contribution is 5.98. The number of rotatable bonds is 5. The van der Waals surface area contributed by atoms with Gasteiger partial charge < -0.3 is 19.2 Å². The summed E-state index contributed by atoms with van der Waals surface area (Å²) in [4.78, 5) is 28.8. The topological polar surface area (TPSA) is 77.6 Å². The van der Waals surface area contributed by atoms with Gasteiger partial charge in [0.1, 0.15) is 11.5 Å². The van der Waals surface area contributed by atoms with Gasteiger partial charge in [0, 0.05) is 5.56 Å². The molecule has 1 N–H and O–H groups in total. The number of benzene rings is 2. The zero-order valence-electron chi connectivity index (χ0n) is 16.2. The molecule has 0 saturated heterocycles. The molecule has 0 unspecified atom stereocenters.